The highest BCUT2D eigenvalue weighted by Crippen LogP contribution is 2.42. The van der Waals surface area contributed by atoms with Crippen LogP contribution in [0.5, 0.6) is 0 Å². The maximum atomic E-state index is 2.33. The SMILES string of the molecule is c1ccc(-c2ccc(CC(c3cccs3)C3CCC3)cc2)cc1. The Balaban J connectivity index is 1.53. The van der Waals surface area contributed by atoms with Gasteiger partial charge >= 0.3 is 0 Å². The molecule has 0 amide bonds. The molecule has 0 saturated heterocycles. The van der Waals surface area contributed by atoms with Gasteiger partial charge in [-0.05, 0) is 53.3 Å². The molecule has 0 nitrogen and oxygen atoms in total. The summed E-state index contributed by atoms with van der Waals surface area (Å²) < 4.78 is 0. The lowest BCUT2D eigenvalue weighted by Gasteiger charge is -2.33. The molecule has 1 fully saturated rings. The molecule has 1 heterocycles. The molecule has 1 aliphatic rings. The molecule has 1 atom stereocenters. The van der Waals surface area contributed by atoms with Gasteiger partial charge in [0.05, 0.1) is 0 Å². The minimum atomic E-state index is 0.714. The average Bonchev–Trinajstić information content (AvgIpc) is 3.08. The van der Waals surface area contributed by atoms with E-state index < -0.39 is 0 Å². The highest BCUT2D eigenvalue weighted by molar-refractivity contribution is 7.10. The summed E-state index contributed by atoms with van der Waals surface area (Å²) in [7, 11) is 0. The zero-order chi connectivity index (χ0) is 15.5. The zero-order valence-corrected chi connectivity index (χ0v) is 14.1. The molecule has 4 rings (SSSR count). The van der Waals surface area contributed by atoms with Gasteiger partial charge in [-0.2, -0.15) is 0 Å². The van der Waals surface area contributed by atoms with Crippen molar-refractivity contribution in [1.82, 2.24) is 0 Å². The normalized spacial score (nSPS) is 16.0. The Labute approximate surface area is 142 Å². The summed E-state index contributed by atoms with van der Waals surface area (Å²) in [6, 6.07) is 24.4. The van der Waals surface area contributed by atoms with Crippen LogP contribution in [0.1, 0.15) is 35.6 Å². The molecule has 1 aromatic heterocycles. The molecule has 0 N–H and O–H groups in total. The maximum absolute atomic E-state index is 2.33. The van der Waals surface area contributed by atoms with Gasteiger partial charge in [-0.25, -0.2) is 0 Å². The smallest absolute Gasteiger partial charge is 0.00822 e. The van der Waals surface area contributed by atoms with E-state index in [1.165, 1.54) is 42.4 Å². The Morgan fingerprint density at radius 3 is 2.17 bits per heavy atom. The summed E-state index contributed by atoms with van der Waals surface area (Å²) in [5.41, 5.74) is 4.08. The van der Waals surface area contributed by atoms with Gasteiger partial charge in [0.15, 0.2) is 0 Å². The minimum Gasteiger partial charge on any atom is -0.149 e. The van der Waals surface area contributed by atoms with E-state index in [0.717, 1.165) is 5.92 Å². The van der Waals surface area contributed by atoms with Crippen LogP contribution in [-0.2, 0) is 6.42 Å². The summed E-state index contributed by atoms with van der Waals surface area (Å²) >= 11 is 1.93. The van der Waals surface area contributed by atoms with E-state index in [9.17, 15) is 0 Å². The molecule has 1 aliphatic carbocycles. The summed E-state index contributed by atoms with van der Waals surface area (Å²) in [5, 5.41) is 2.22. The monoisotopic (exact) mass is 318 g/mol. The highest BCUT2D eigenvalue weighted by atomic mass is 32.1. The molecule has 0 aliphatic heterocycles. The standard InChI is InChI=1S/C22H22S/c1-2-6-18(7-3-1)19-13-11-17(12-14-19)16-21(20-8-4-9-20)22-10-5-15-23-22/h1-3,5-7,10-15,20-21H,4,8-9,16H2. The van der Waals surface area contributed by atoms with Gasteiger partial charge in [0.2, 0.25) is 0 Å². The Kier molecular flexibility index (Phi) is 4.30. The van der Waals surface area contributed by atoms with Crippen molar-refractivity contribution < 1.29 is 0 Å². The Hall–Kier alpha value is -1.86. The largest absolute Gasteiger partial charge is 0.149 e. The predicted molar refractivity (Wildman–Crippen MR) is 100.0 cm³/mol. The molecule has 3 aromatic rings. The first-order chi connectivity index (χ1) is 11.4. The van der Waals surface area contributed by atoms with Crippen molar-refractivity contribution in [2.24, 2.45) is 5.92 Å². The first-order valence-electron chi connectivity index (χ1n) is 8.58. The minimum absolute atomic E-state index is 0.714. The molecular formula is C22H22S. The topological polar surface area (TPSA) is 0 Å². The average molecular weight is 318 g/mol. The fraction of sp³-hybridized carbons (Fsp3) is 0.273. The number of hydrogen-bond acceptors (Lipinski definition) is 1. The number of rotatable bonds is 5. The lowest BCUT2D eigenvalue weighted by Crippen LogP contribution is -2.21. The van der Waals surface area contributed by atoms with Gasteiger partial charge in [-0.3, -0.25) is 0 Å². The zero-order valence-electron chi connectivity index (χ0n) is 13.3. The first kappa shape index (κ1) is 14.7. The number of benzene rings is 2. The van der Waals surface area contributed by atoms with E-state index in [1.54, 1.807) is 4.88 Å². The van der Waals surface area contributed by atoms with Crippen LogP contribution < -0.4 is 0 Å². The fourth-order valence-electron chi connectivity index (χ4n) is 3.56. The third-order valence-corrected chi connectivity index (χ3v) is 6.15. The Morgan fingerprint density at radius 2 is 1.57 bits per heavy atom. The van der Waals surface area contributed by atoms with E-state index >= 15 is 0 Å². The third-order valence-electron chi connectivity index (χ3n) is 5.14. The molecule has 2 aromatic carbocycles. The second-order valence-corrected chi connectivity index (χ2v) is 7.56. The molecule has 1 saturated carbocycles. The molecule has 23 heavy (non-hydrogen) atoms. The molecule has 0 spiro atoms. The van der Waals surface area contributed by atoms with Crippen molar-refractivity contribution in [2.75, 3.05) is 0 Å². The quantitative estimate of drug-likeness (QED) is 0.501. The van der Waals surface area contributed by atoms with Crippen molar-refractivity contribution >= 4 is 11.3 Å². The van der Waals surface area contributed by atoms with Gasteiger partial charge in [-0.15, -0.1) is 11.3 Å². The van der Waals surface area contributed by atoms with Crippen molar-refractivity contribution in [3.05, 3.63) is 82.6 Å². The molecule has 0 radical (unpaired) electrons. The second kappa shape index (κ2) is 6.72. The Morgan fingerprint density at radius 1 is 0.826 bits per heavy atom. The van der Waals surface area contributed by atoms with Gasteiger partial charge in [0.25, 0.3) is 0 Å². The summed E-state index contributed by atoms with van der Waals surface area (Å²) in [5.74, 6) is 1.61. The lowest BCUT2D eigenvalue weighted by molar-refractivity contribution is 0.261. The summed E-state index contributed by atoms with van der Waals surface area (Å²) in [4.78, 5) is 1.57. The summed E-state index contributed by atoms with van der Waals surface area (Å²) in [6.45, 7) is 0. The third kappa shape index (κ3) is 3.25. The van der Waals surface area contributed by atoms with Gasteiger partial charge in [0, 0.05) is 10.8 Å². The van der Waals surface area contributed by atoms with E-state index in [2.05, 4.69) is 72.1 Å². The fourth-order valence-corrected chi connectivity index (χ4v) is 4.48. The van der Waals surface area contributed by atoms with E-state index in [-0.39, 0.29) is 0 Å². The van der Waals surface area contributed by atoms with E-state index in [0.29, 0.717) is 5.92 Å². The summed E-state index contributed by atoms with van der Waals surface area (Å²) in [6.07, 6.45) is 5.41. The highest BCUT2D eigenvalue weighted by Gasteiger charge is 2.29. The predicted octanol–water partition coefficient (Wildman–Crippen LogP) is 6.54. The van der Waals surface area contributed by atoms with Crippen LogP contribution in [0.4, 0.5) is 0 Å². The van der Waals surface area contributed by atoms with Crippen LogP contribution in [0.3, 0.4) is 0 Å². The molecular weight excluding hydrogens is 296 g/mol. The van der Waals surface area contributed by atoms with E-state index in [1.807, 2.05) is 11.3 Å². The van der Waals surface area contributed by atoms with Gasteiger partial charge in [0.1, 0.15) is 0 Å². The van der Waals surface area contributed by atoms with Crippen molar-refractivity contribution in [3.63, 3.8) is 0 Å². The van der Waals surface area contributed by atoms with Gasteiger partial charge in [-0.1, -0.05) is 67.1 Å². The van der Waals surface area contributed by atoms with Crippen LogP contribution in [0.15, 0.2) is 72.1 Å². The van der Waals surface area contributed by atoms with Gasteiger partial charge < -0.3 is 0 Å². The van der Waals surface area contributed by atoms with Crippen LogP contribution in [0.25, 0.3) is 11.1 Å². The number of hydrogen-bond donors (Lipinski definition) is 0. The lowest BCUT2D eigenvalue weighted by atomic mass is 9.73. The van der Waals surface area contributed by atoms with Crippen LogP contribution in [-0.4, -0.2) is 0 Å². The molecule has 1 heteroatoms. The molecule has 0 bridgehead atoms. The van der Waals surface area contributed by atoms with Crippen molar-refractivity contribution in [1.29, 1.82) is 0 Å². The van der Waals surface area contributed by atoms with E-state index in [4.69, 9.17) is 0 Å². The van der Waals surface area contributed by atoms with Crippen LogP contribution in [0.2, 0.25) is 0 Å². The molecule has 1 unspecified atom stereocenters. The second-order valence-electron chi connectivity index (χ2n) is 6.58. The Bertz CT molecular complexity index is 721. The first-order valence-corrected chi connectivity index (χ1v) is 9.46. The van der Waals surface area contributed by atoms with Crippen molar-refractivity contribution in [3.8, 4) is 11.1 Å². The van der Waals surface area contributed by atoms with Crippen molar-refractivity contribution in [2.45, 2.75) is 31.6 Å². The number of thiophene rings is 1. The maximum Gasteiger partial charge on any atom is 0.00822 e. The molecule has 116 valence electrons. The van der Waals surface area contributed by atoms with Crippen LogP contribution >= 0.6 is 11.3 Å². The van der Waals surface area contributed by atoms with Crippen LogP contribution in [0, 0.1) is 5.92 Å².